The average molecular weight is 286 g/mol. The second kappa shape index (κ2) is 4.66. The molecule has 1 saturated carbocycles. The number of rotatable bonds is 1. The molecule has 0 N–H and O–H groups in total. The van der Waals surface area contributed by atoms with Crippen molar-refractivity contribution in [1.82, 2.24) is 0 Å². The highest BCUT2D eigenvalue weighted by Gasteiger charge is 2.62. The Morgan fingerprint density at radius 2 is 1.95 bits per heavy atom. The number of carbonyl (C=O) groups excluding carboxylic acids is 2. The van der Waals surface area contributed by atoms with Crippen LogP contribution in [0.25, 0.3) is 0 Å². The van der Waals surface area contributed by atoms with Crippen LogP contribution in [0.4, 0.5) is 0 Å². The van der Waals surface area contributed by atoms with Crippen LogP contribution in [-0.4, -0.2) is 11.6 Å². The van der Waals surface area contributed by atoms with E-state index in [-0.39, 0.29) is 22.9 Å². The van der Waals surface area contributed by atoms with Crippen molar-refractivity contribution in [2.75, 3.05) is 0 Å². The summed E-state index contributed by atoms with van der Waals surface area (Å²) in [6, 6.07) is 0. The maximum atomic E-state index is 12.9. The lowest BCUT2D eigenvalue weighted by Crippen LogP contribution is -2.58. The molecule has 0 spiro atoms. The summed E-state index contributed by atoms with van der Waals surface area (Å²) in [4.78, 5) is 25.5. The lowest BCUT2D eigenvalue weighted by Gasteiger charge is -2.58. The molecule has 0 heterocycles. The van der Waals surface area contributed by atoms with E-state index in [4.69, 9.17) is 0 Å². The van der Waals surface area contributed by atoms with Crippen molar-refractivity contribution >= 4 is 11.6 Å². The monoisotopic (exact) mass is 286 g/mol. The molecule has 0 aromatic heterocycles. The normalized spacial score (nSPS) is 42.6. The van der Waals surface area contributed by atoms with Crippen molar-refractivity contribution in [2.24, 2.45) is 22.7 Å². The highest BCUT2D eigenvalue weighted by molar-refractivity contribution is 6.14. The van der Waals surface area contributed by atoms with Crippen LogP contribution in [0.1, 0.15) is 59.8 Å². The van der Waals surface area contributed by atoms with Gasteiger partial charge in [-0.3, -0.25) is 9.59 Å². The van der Waals surface area contributed by atoms with Gasteiger partial charge in [-0.15, -0.1) is 0 Å². The molecule has 0 aromatic carbocycles. The van der Waals surface area contributed by atoms with Gasteiger partial charge in [0.1, 0.15) is 5.78 Å². The van der Waals surface area contributed by atoms with Gasteiger partial charge in [-0.05, 0) is 75.7 Å². The number of allylic oxidation sites excluding steroid dienone is 4. The van der Waals surface area contributed by atoms with Gasteiger partial charge in [0.2, 0.25) is 0 Å². The largest absolute Gasteiger partial charge is 0.299 e. The Bertz CT molecular complexity index is 568. The van der Waals surface area contributed by atoms with Crippen molar-refractivity contribution in [3.05, 3.63) is 23.3 Å². The molecule has 0 aromatic rings. The molecule has 0 unspecified atom stereocenters. The van der Waals surface area contributed by atoms with Gasteiger partial charge >= 0.3 is 0 Å². The number of ketones is 2. The molecule has 0 saturated heterocycles. The zero-order valence-electron chi connectivity index (χ0n) is 13.7. The summed E-state index contributed by atoms with van der Waals surface area (Å²) in [5, 5.41) is 0. The molecule has 0 bridgehead atoms. The van der Waals surface area contributed by atoms with E-state index in [0.717, 1.165) is 37.7 Å². The molecule has 1 fully saturated rings. The maximum absolute atomic E-state index is 12.9. The Balaban J connectivity index is 2.14. The molecule has 0 aliphatic heterocycles. The molecular weight excluding hydrogens is 260 g/mol. The zero-order valence-corrected chi connectivity index (χ0v) is 13.7. The molecule has 3 rings (SSSR count). The quantitative estimate of drug-likeness (QED) is 0.533. The number of fused-ring (bicyclic) bond motifs is 3. The van der Waals surface area contributed by atoms with E-state index in [1.54, 1.807) is 6.92 Å². The molecular formula is C19H26O2. The molecule has 2 heteroatoms. The minimum absolute atomic E-state index is 0.0929. The Kier molecular flexibility index (Phi) is 3.27. The third kappa shape index (κ3) is 1.77. The van der Waals surface area contributed by atoms with E-state index in [1.807, 2.05) is 6.92 Å². The van der Waals surface area contributed by atoms with Crippen LogP contribution in [0, 0.1) is 22.7 Å². The van der Waals surface area contributed by atoms with Crippen LogP contribution in [0.2, 0.25) is 0 Å². The lowest BCUT2D eigenvalue weighted by molar-refractivity contribution is -0.155. The number of Topliss-reactive ketones (excluding diaryl/α,β-unsaturated/α-hetero) is 2. The van der Waals surface area contributed by atoms with Gasteiger partial charge in [-0.1, -0.05) is 24.6 Å². The van der Waals surface area contributed by atoms with Gasteiger partial charge in [0.05, 0.1) is 5.41 Å². The van der Waals surface area contributed by atoms with Gasteiger partial charge in [0.25, 0.3) is 0 Å². The summed E-state index contributed by atoms with van der Waals surface area (Å²) in [7, 11) is 0. The van der Waals surface area contributed by atoms with Crippen molar-refractivity contribution in [1.29, 1.82) is 0 Å². The molecule has 3 aliphatic carbocycles. The molecule has 114 valence electrons. The fourth-order valence-electron chi connectivity index (χ4n) is 5.59. The van der Waals surface area contributed by atoms with Gasteiger partial charge in [0, 0.05) is 0 Å². The third-order valence-corrected chi connectivity index (χ3v) is 6.76. The van der Waals surface area contributed by atoms with Crippen molar-refractivity contribution in [2.45, 2.75) is 59.8 Å². The number of carbonyl (C=O) groups is 2. The van der Waals surface area contributed by atoms with Gasteiger partial charge in [-0.25, -0.2) is 0 Å². The summed E-state index contributed by atoms with van der Waals surface area (Å²) in [6.45, 7) is 8.08. The van der Waals surface area contributed by atoms with E-state index in [1.165, 1.54) is 5.57 Å². The first-order chi connectivity index (χ1) is 9.84. The van der Waals surface area contributed by atoms with Gasteiger partial charge in [-0.2, -0.15) is 0 Å². The summed E-state index contributed by atoms with van der Waals surface area (Å²) in [5.74, 6) is 0.930. The topological polar surface area (TPSA) is 34.1 Å². The summed E-state index contributed by atoms with van der Waals surface area (Å²) < 4.78 is 0. The van der Waals surface area contributed by atoms with E-state index in [2.05, 4.69) is 26.0 Å². The fourth-order valence-corrected chi connectivity index (χ4v) is 5.59. The molecule has 3 aliphatic rings. The Morgan fingerprint density at radius 1 is 1.24 bits per heavy atom. The van der Waals surface area contributed by atoms with Crippen molar-refractivity contribution < 1.29 is 9.59 Å². The number of hydrogen-bond acceptors (Lipinski definition) is 2. The van der Waals surface area contributed by atoms with E-state index in [0.29, 0.717) is 5.92 Å². The van der Waals surface area contributed by atoms with E-state index >= 15 is 0 Å². The smallest absolute Gasteiger partial charge is 0.172 e. The van der Waals surface area contributed by atoms with Crippen LogP contribution < -0.4 is 0 Å². The molecule has 0 amide bonds. The first-order valence-electron chi connectivity index (χ1n) is 8.23. The second-order valence-corrected chi connectivity index (χ2v) is 7.62. The highest BCUT2D eigenvalue weighted by Crippen LogP contribution is 2.63. The number of hydrogen-bond donors (Lipinski definition) is 0. The minimum Gasteiger partial charge on any atom is -0.299 e. The minimum atomic E-state index is -0.734. The van der Waals surface area contributed by atoms with Crippen LogP contribution in [0.3, 0.4) is 0 Å². The SMILES string of the molecule is CC(=O)[C@@]12CC[C@H]3C(C)=CCC[C@]3(C)[C@H]1CC=C(C)C2=O. The van der Waals surface area contributed by atoms with Gasteiger partial charge in [0.15, 0.2) is 5.78 Å². The van der Waals surface area contributed by atoms with Crippen LogP contribution in [0.5, 0.6) is 0 Å². The van der Waals surface area contributed by atoms with Gasteiger partial charge < -0.3 is 0 Å². The Labute approximate surface area is 127 Å². The van der Waals surface area contributed by atoms with E-state index in [9.17, 15) is 9.59 Å². The van der Waals surface area contributed by atoms with Crippen LogP contribution in [-0.2, 0) is 9.59 Å². The average Bonchev–Trinajstić information content (AvgIpc) is 2.42. The fraction of sp³-hybridized carbons (Fsp3) is 0.684. The first-order valence-corrected chi connectivity index (χ1v) is 8.23. The van der Waals surface area contributed by atoms with E-state index < -0.39 is 5.41 Å². The highest BCUT2D eigenvalue weighted by atomic mass is 16.2. The molecule has 0 radical (unpaired) electrons. The van der Waals surface area contributed by atoms with Crippen molar-refractivity contribution in [3.8, 4) is 0 Å². The zero-order chi connectivity index (χ0) is 15.4. The standard InChI is InChI=1S/C19H26O2/c1-12-6-5-10-18(4)15(12)9-11-19(14(3)20)16(18)8-7-13(2)17(19)21/h6-7,15-16H,5,8-11H2,1-4H3/t15-,16+,18-,19-/m0/s1. The Morgan fingerprint density at radius 3 is 2.62 bits per heavy atom. The Hall–Kier alpha value is -1.18. The molecule has 21 heavy (non-hydrogen) atoms. The molecule has 2 nitrogen and oxygen atoms in total. The lowest BCUT2D eigenvalue weighted by atomic mass is 9.43. The predicted octanol–water partition coefficient (Wildman–Crippen LogP) is 4.25. The van der Waals surface area contributed by atoms with Crippen molar-refractivity contribution in [3.63, 3.8) is 0 Å². The first kappa shape index (κ1) is 14.7. The summed E-state index contributed by atoms with van der Waals surface area (Å²) in [5.41, 5.74) is 1.63. The van der Waals surface area contributed by atoms with Crippen LogP contribution >= 0.6 is 0 Å². The predicted molar refractivity (Wildman–Crippen MR) is 83.8 cm³/mol. The molecule has 4 atom stereocenters. The summed E-state index contributed by atoms with van der Waals surface area (Å²) in [6.07, 6.45) is 9.23. The summed E-state index contributed by atoms with van der Waals surface area (Å²) >= 11 is 0. The van der Waals surface area contributed by atoms with Crippen LogP contribution in [0.15, 0.2) is 23.3 Å². The maximum Gasteiger partial charge on any atom is 0.172 e. The second-order valence-electron chi connectivity index (χ2n) is 7.62. The third-order valence-electron chi connectivity index (χ3n) is 6.76.